The lowest BCUT2D eigenvalue weighted by molar-refractivity contribution is -0.116. The Bertz CT molecular complexity index is 609. The maximum atomic E-state index is 11.9. The van der Waals surface area contributed by atoms with Gasteiger partial charge in [0.15, 0.2) is 0 Å². The number of carbonyl (C=O) groups is 1. The van der Waals surface area contributed by atoms with Crippen LogP contribution in [0.4, 0.5) is 5.95 Å². The number of nitrogens with one attached hydrogen (secondary N) is 1. The Labute approximate surface area is 128 Å². The molecule has 0 atom stereocenters. The zero-order valence-corrected chi connectivity index (χ0v) is 12.6. The third-order valence-electron chi connectivity index (χ3n) is 2.87. The second-order valence-electron chi connectivity index (χ2n) is 4.55. The number of anilines is 1. The number of ether oxygens (including phenoxy) is 1. The van der Waals surface area contributed by atoms with E-state index in [0.29, 0.717) is 23.7 Å². The van der Waals surface area contributed by atoms with Gasteiger partial charge in [0.25, 0.3) is 0 Å². The van der Waals surface area contributed by atoms with Crippen molar-refractivity contribution in [2.75, 3.05) is 12.4 Å². The van der Waals surface area contributed by atoms with Gasteiger partial charge in [0.2, 0.25) is 11.9 Å². The Morgan fingerprint density at radius 2 is 2.00 bits per heavy atom. The summed E-state index contributed by atoms with van der Waals surface area (Å²) in [6.07, 6.45) is 0.983. The zero-order chi connectivity index (χ0) is 15.2. The van der Waals surface area contributed by atoms with Gasteiger partial charge >= 0.3 is 0 Å². The number of hydrogen-bond acceptors (Lipinski definition) is 4. The summed E-state index contributed by atoms with van der Waals surface area (Å²) in [7, 11) is 1.62. The third-order valence-corrected chi connectivity index (χ3v) is 3.07. The maximum absolute atomic E-state index is 11.9. The van der Waals surface area contributed by atoms with Crippen LogP contribution in [0.3, 0.4) is 0 Å². The lowest BCUT2D eigenvalue weighted by Crippen LogP contribution is -2.15. The largest absolute Gasteiger partial charge is 0.497 e. The molecular formula is C15H16ClN3O2. The summed E-state index contributed by atoms with van der Waals surface area (Å²) in [6.45, 7) is 1.79. The van der Waals surface area contributed by atoms with Gasteiger partial charge in [-0.2, -0.15) is 0 Å². The Morgan fingerprint density at radius 3 is 2.62 bits per heavy atom. The molecule has 1 N–H and O–H groups in total. The summed E-state index contributed by atoms with van der Waals surface area (Å²) in [5.41, 5.74) is 1.77. The van der Waals surface area contributed by atoms with E-state index < -0.39 is 0 Å². The van der Waals surface area contributed by atoms with Crippen LogP contribution < -0.4 is 10.1 Å². The minimum atomic E-state index is -0.146. The van der Waals surface area contributed by atoms with E-state index in [2.05, 4.69) is 15.3 Å². The van der Waals surface area contributed by atoms with Crippen LogP contribution in [-0.2, 0) is 11.2 Å². The predicted molar refractivity (Wildman–Crippen MR) is 81.7 cm³/mol. The minimum Gasteiger partial charge on any atom is -0.497 e. The lowest BCUT2D eigenvalue weighted by atomic mass is 10.1. The van der Waals surface area contributed by atoms with Crippen molar-refractivity contribution in [1.29, 1.82) is 0 Å². The van der Waals surface area contributed by atoms with Crippen LogP contribution in [0.1, 0.15) is 17.7 Å². The molecule has 1 aromatic heterocycles. The molecule has 0 unspecified atom stereocenters. The van der Waals surface area contributed by atoms with Crippen molar-refractivity contribution in [3.63, 3.8) is 0 Å². The smallest absolute Gasteiger partial charge is 0.231 e. The summed E-state index contributed by atoms with van der Waals surface area (Å²) >= 11 is 5.82. The summed E-state index contributed by atoms with van der Waals surface area (Å²) in [4.78, 5) is 19.9. The number of methoxy groups -OCH3 is 1. The van der Waals surface area contributed by atoms with Gasteiger partial charge in [0, 0.05) is 12.1 Å². The number of nitrogens with zero attached hydrogens (tertiary/aromatic N) is 2. The van der Waals surface area contributed by atoms with Crippen molar-refractivity contribution in [3.05, 3.63) is 46.7 Å². The molecule has 0 aliphatic carbocycles. The fraction of sp³-hybridized carbons (Fsp3) is 0.267. The minimum absolute atomic E-state index is 0.146. The molecule has 1 amide bonds. The number of hydrogen-bond donors (Lipinski definition) is 1. The number of carbonyl (C=O) groups excluding carboxylic acids is 1. The second kappa shape index (κ2) is 7.04. The van der Waals surface area contributed by atoms with Gasteiger partial charge in [-0.3, -0.25) is 10.1 Å². The van der Waals surface area contributed by atoms with Gasteiger partial charge in [0.1, 0.15) is 10.9 Å². The fourth-order valence-electron chi connectivity index (χ4n) is 1.82. The molecule has 6 heteroatoms. The maximum Gasteiger partial charge on any atom is 0.231 e. The summed E-state index contributed by atoms with van der Waals surface area (Å²) < 4.78 is 5.09. The van der Waals surface area contributed by atoms with Crippen molar-refractivity contribution in [1.82, 2.24) is 9.97 Å². The number of aromatic nitrogens is 2. The van der Waals surface area contributed by atoms with Crippen LogP contribution in [-0.4, -0.2) is 23.0 Å². The quantitative estimate of drug-likeness (QED) is 0.862. The highest BCUT2D eigenvalue weighted by molar-refractivity contribution is 6.29. The SMILES string of the molecule is COc1ccc(CCC(=O)Nc2nc(C)cc(Cl)n2)cc1. The monoisotopic (exact) mass is 305 g/mol. The first-order valence-corrected chi connectivity index (χ1v) is 6.88. The van der Waals surface area contributed by atoms with E-state index in [1.807, 2.05) is 24.3 Å². The molecule has 0 radical (unpaired) electrons. The van der Waals surface area contributed by atoms with E-state index in [-0.39, 0.29) is 11.9 Å². The highest BCUT2D eigenvalue weighted by Crippen LogP contribution is 2.13. The van der Waals surface area contributed by atoms with E-state index in [1.165, 1.54) is 0 Å². The summed E-state index contributed by atoms with van der Waals surface area (Å²) in [5, 5.41) is 2.96. The van der Waals surface area contributed by atoms with E-state index in [4.69, 9.17) is 16.3 Å². The molecule has 110 valence electrons. The van der Waals surface area contributed by atoms with E-state index >= 15 is 0 Å². The van der Waals surface area contributed by atoms with Gasteiger partial charge < -0.3 is 4.74 Å². The predicted octanol–water partition coefficient (Wildman–Crippen LogP) is 3.02. The Morgan fingerprint density at radius 1 is 1.29 bits per heavy atom. The highest BCUT2D eigenvalue weighted by atomic mass is 35.5. The molecule has 0 saturated carbocycles. The molecule has 0 aliphatic rings. The molecule has 2 rings (SSSR count). The first-order valence-electron chi connectivity index (χ1n) is 6.51. The molecule has 0 saturated heterocycles. The third kappa shape index (κ3) is 4.72. The van der Waals surface area contributed by atoms with Crippen LogP contribution in [0.2, 0.25) is 5.15 Å². The van der Waals surface area contributed by atoms with Crippen molar-refractivity contribution in [2.24, 2.45) is 0 Å². The van der Waals surface area contributed by atoms with Crippen LogP contribution in [0.5, 0.6) is 5.75 Å². The molecule has 0 fully saturated rings. The molecule has 0 aliphatic heterocycles. The molecule has 1 aromatic carbocycles. The van der Waals surface area contributed by atoms with Crippen LogP contribution in [0.15, 0.2) is 30.3 Å². The Hall–Kier alpha value is -2.14. The number of halogens is 1. The van der Waals surface area contributed by atoms with Gasteiger partial charge in [0.05, 0.1) is 7.11 Å². The average Bonchev–Trinajstić information content (AvgIpc) is 2.44. The van der Waals surface area contributed by atoms with Crippen molar-refractivity contribution >= 4 is 23.5 Å². The standard InChI is InChI=1S/C15H16ClN3O2/c1-10-9-13(16)18-15(17-10)19-14(20)8-5-11-3-6-12(21-2)7-4-11/h3-4,6-7,9H,5,8H2,1-2H3,(H,17,18,19,20). The van der Waals surface area contributed by atoms with Crippen molar-refractivity contribution in [3.8, 4) is 5.75 Å². The number of amides is 1. The zero-order valence-electron chi connectivity index (χ0n) is 11.9. The Balaban J connectivity index is 1.89. The lowest BCUT2D eigenvalue weighted by Gasteiger charge is -2.06. The second-order valence-corrected chi connectivity index (χ2v) is 4.94. The molecule has 5 nitrogen and oxygen atoms in total. The number of benzene rings is 1. The van der Waals surface area contributed by atoms with Crippen LogP contribution >= 0.6 is 11.6 Å². The molecule has 2 aromatic rings. The Kier molecular flexibility index (Phi) is 5.11. The van der Waals surface area contributed by atoms with Gasteiger partial charge in [-0.25, -0.2) is 9.97 Å². The first-order chi connectivity index (χ1) is 10.1. The molecule has 21 heavy (non-hydrogen) atoms. The number of rotatable bonds is 5. The molecule has 0 bridgehead atoms. The normalized spacial score (nSPS) is 10.2. The van der Waals surface area contributed by atoms with E-state index in [0.717, 1.165) is 11.3 Å². The van der Waals surface area contributed by atoms with Gasteiger partial charge in [-0.1, -0.05) is 23.7 Å². The number of aryl methyl sites for hydroxylation is 2. The van der Waals surface area contributed by atoms with E-state index in [1.54, 1.807) is 20.1 Å². The van der Waals surface area contributed by atoms with Crippen molar-refractivity contribution in [2.45, 2.75) is 19.8 Å². The summed E-state index contributed by atoms with van der Waals surface area (Å²) in [5.74, 6) is 0.887. The first kappa shape index (κ1) is 15.3. The van der Waals surface area contributed by atoms with Gasteiger partial charge in [-0.15, -0.1) is 0 Å². The highest BCUT2D eigenvalue weighted by Gasteiger charge is 2.07. The van der Waals surface area contributed by atoms with Crippen LogP contribution in [0, 0.1) is 6.92 Å². The van der Waals surface area contributed by atoms with E-state index in [9.17, 15) is 4.79 Å². The molecule has 0 spiro atoms. The van der Waals surface area contributed by atoms with Gasteiger partial charge in [-0.05, 0) is 37.1 Å². The fourth-order valence-corrected chi connectivity index (χ4v) is 2.06. The van der Waals surface area contributed by atoms with Crippen LogP contribution in [0.25, 0.3) is 0 Å². The van der Waals surface area contributed by atoms with Crippen molar-refractivity contribution < 1.29 is 9.53 Å². The average molecular weight is 306 g/mol. The summed E-state index contributed by atoms with van der Waals surface area (Å²) in [6, 6.07) is 9.25. The topological polar surface area (TPSA) is 64.1 Å². The molecular weight excluding hydrogens is 290 g/mol. The molecule has 1 heterocycles.